The molecule has 0 amide bonds. The maximum absolute atomic E-state index is 5.80. The van der Waals surface area contributed by atoms with Crippen molar-refractivity contribution >= 4 is 27.5 Å². The molecular formula is C13H17BrClNO. The molecule has 1 atom stereocenters. The average Bonchev–Trinajstić information content (AvgIpc) is 2.29. The van der Waals surface area contributed by atoms with Crippen LogP contribution in [-0.4, -0.2) is 12.6 Å². The standard InChI is InChI=1S/C13H17BrClNO/c1-9(7-15)8-17-12-3-4-13(14)11(6-12)5-10(2)16/h3-4,6-7,10H,5,8,16H2,1-2H3/b9-7+. The molecule has 2 N–H and O–H groups in total. The van der Waals surface area contributed by atoms with E-state index in [4.69, 9.17) is 22.1 Å². The van der Waals surface area contributed by atoms with Gasteiger partial charge in [0.1, 0.15) is 12.4 Å². The lowest BCUT2D eigenvalue weighted by Gasteiger charge is -2.11. The molecule has 1 unspecified atom stereocenters. The van der Waals surface area contributed by atoms with E-state index < -0.39 is 0 Å². The third-order valence-electron chi connectivity index (χ3n) is 2.21. The second-order valence-corrected chi connectivity index (χ2v) is 5.25. The zero-order valence-electron chi connectivity index (χ0n) is 10.0. The minimum absolute atomic E-state index is 0.131. The Labute approximate surface area is 116 Å². The van der Waals surface area contributed by atoms with Gasteiger partial charge in [0.15, 0.2) is 0 Å². The fourth-order valence-electron chi connectivity index (χ4n) is 1.37. The van der Waals surface area contributed by atoms with Crippen LogP contribution in [0.15, 0.2) is 33.8 Å². The van der Waals surface area contributed by atoms with Crippen LogP contribution < -0.4 is 10.5 Å². The highest BCUT2D eigenvalue weighted by Gasteiger charge is 2.05. The van der Waals surface area contributed by atoms with Crippen molar-refractivity contribution in [3.8, 4) is 5.75 Å². The smallest absolute Gasteiger partial charge is 0.120 e. The quantitative estimate of drug-likeness (QED) is 0.894. The fraction of sp³-hybridized carbons (Fsp3) is 0.385. The highest BCUT2D eigenvalue weighted by Crippen LogP contribution is 2.24. The third kappa shape index (κ3) is 5.11. The molecule has 17 heavy (non-hydrogen) atoms. The fourth-order valence-corrected chi connectivity index (χ4v) is 1.84. The van der Waals surface area contributed by atoms with Crippen LogP contribution in [0.5, 0.6) is 5.75 Å². The van der Waals surface area contributed by atoms with Gasteiger partial charge >= 0.3 is 0 Å². The molecule has 0 aliphatic heterocycles. The zero-order chi connectivity index (χ0) is 12.8. The predicted molar refractivity (Wildman–Crippen MR) is 76.6 cm³/mol. The molecule has 1 aromatic carbocycles. The summed E-state index contributed by atoms with van der Waals surface area (Å²) in [6.07, 6.45) is 0.822. The van der Waals surface area contributed by atoms with Gasteiger partial charge in [0.05, 0.1) is 0 Å². The van der Waals surface area contributed by atoms with Gasteiger partial charge < -0.3 is 10.5 Å². The zero-order valence-corrected chi connectivity index (χ0v) is 12.4. The van der Waals surface area contributed by atoms with Crippen molar-refractivity contribution in [2.45, 2.75) is 26.3 Å². The molecular weight excluding hydrogens is 302 g/mol. The summed E-state index contributed by atoms with van der Waals surface area (Å²) in [6.45, 7) is 4.41. The molecule has 0 fully saturated rings. The van der Waals surface area contributed by atoms with Crippen molar-refractivity contribution in [2.75, 3.05) is 6.61 Å². The first-order chi connectivity index (χ1) is 8.02. The van der Waals surface area contributed by atoms with E-state index in [0.717, 1.165) is 27.8 Å². The maximum Gasteiger partial charge on any atom is 0.120 e. The first-order valence-electron chi connectivity index (χ1n) is 5.45. The van der Waals surface area contributed by atoms with Gasteiger partial charge in [-0.2, -0.15) is 0 Å². The molecule has 1 aromatic rings. The summed E-state index contributed by atoms with van der Waals surface area (Å²) in [5.41, 5.74) is 9.47. The maximum atomic E-state index is 5.80. The van der Waals surface area contributed by atoms with E-state index in [1.54, 1.807) is 0 Å². The second kappa shape index (κ2) is 7.04. The van der Waals surface area contributed by atoms with E-state index >= 15 is 0 Å². The van der Waals surface area contributed by atoms with Crippen LogP contribution in [0.25, 0.3) is 0 Å². The summed E-state index contributed by atoms with van der Waals surface area (Å²) in [4.78, 5) is 0. The summed E-state index contributed by atoms with van der Waals surface area (Å²) in [5.74, 6) is 0.835. The Hall–Kier alpha value is -0.510. The van der Waals surface area contributed by atoms with Crippen LogP contribution in [0, 0.1) is 0 Å². The molecule has 0 saturated carbocycles. The summed E-state index contributed by atoms with van der Waals surface area (Å²) >= 11 is 9.09. The van der Waals surface area contributed by atoms with E-state index in [-0.39, 0.29) is 6.04 Å². The summed E-state index contributed by atoms with van der Waals surface area (Å²) in [7, 11) is 0. The van der Waals surface area contributed by atoms with E-state index in [1.165, 1.54) is 5.54 Å². The Morgan fingerprint density at radius 2 is 2.29 bits per heavy atom. The topological polar surface area (TPSA) is 35.2 Å². The molecule has 1 rings (SSSR count). The average molecular weight is 319 g/mol. The molecule has 0 aromatic heterocycles. The van der Waals surface area contributed by atoms with Crippen molar-refractivity contribution in [2.24, 2.45) is 5.73 Å². The Morgan fingerprint density at radius 3 is 2.88 bits per heavy atom. The van der Waals surface area contributed by atoms with Gasteiger partial charge in [-0.05, 0) is 49.6 Å². The lowest BCUT2D eigenvalue weighted by atomic mass is 10.1. The number of benzene rings is 1. The molecule has 0 aliphatic rings. The minimum atomic E-state index is 0.131. The molecule has 0 radical (unpaired) electrons. The van der Waals surface area contributed by atoms with Gasteiger partial charge in [-0.15, -0.1) is 0 Å². The molecule has 4 heteroatoms. The number of hydrogen-bond donors (Lipinski definition) is 1. The van der Waals surface area contributed by atoms with Crippen LogP contribution in [0.2, 0.25) is 0 Å². The molecule has 2 nitrogen and oxygen atoms in total. The highest BCUT2D eigenvalue weighted by atomic mass is 79.9. The Balaban J connectivity index is 2.74. The summed E-state index contributed by atoms with van der Waals surface area (Å²) in [6, 6.07) is 6.05. The van der Waals surface area contributed by atoms with Crippen molar-refractivity contribution in [3.63, 3.8) is 0 Å². The van der Waals surface area contributed by atoms with Crippen LogP contribution >= 0.6 is 27.5 Å². The number of ether oxygens (including phenoxy) is 1. The van der Waals surface area contributed by atoms with E-state index in [1.807, 2.05) is 32.0 Å². The van der Waals surface area contributed by atoms with Crippen LogP contribution in [-0.2, 0) is 6.42 Å². The number of hydrogen-bond acceptors (Lipinski definition) is 2. The van der Waals surface area contributed by atoms with Crippen molar-refractivity contribution in [1.82, 2.24) is 0 Å². The van der Waals surface area contributed by atoms with E-state index in [2.05, 4.69) is 15.9 Å². The first kappa shape index (κ1) is 14.6. The van der Waals surface area contributed by atoms with Crippen molar-refractivity contribution in [1.29, 1.82) is 0 Å². The Bertz CT molecular complexity index is 404. The van der Waals surface area contributed by atoms with Gasteiger partial charge in [0.2, 0.25) is 0 Å². The molecule has 0 aliphatic carbocycles. The molecule has 0 spiro atoms. The Kier molecular flexibility index (Phi) is 6.03. The molecule has 0 heterocycles. The summed E-state index contributed by atoms with van der Waals surface area (Å²) < 4.78 is 6.68. The van der Waals surface area contributed by atoms with Crippen LogP contribution in [0.4, 0.5) is 0 Å². The Morgan fingerprint density at radius 1 is 1.59 bits per heavy atom. The largest absolute Gasteiger partial charge is 0.489 e. The van der Waals surface area contributed by atoms with Gasteiger partial charge in [0, 0.05) is 16.0 Å². The van der Waals surface area contributed by atoms with Gasteiger partial charge in [-0.1, -0.05) is 27.5 Å². The second-order valence-electron chi connectivity index (χ2n) is 4.18. The van der Waals surface area contributed by atoms with Crippen molar-refractivity contribution < 1.29 is 4.74 Å². The van der Waals surface area contributed by atoms with Gasteiger partial charge in [0.25, 0.3) is 0 Å². The van der Waals surface area contributed by atoms with Gasteiger partial charge in [-0.3, -0.25) is 0 Å². The van der Waals surface area contributed by atoms with E-state index in [9.17, 15) is 0 Å². The first-order valence-corrected chi connectivity index (χ1v) is 6.68. The number of nitrogens with two attached hydrogens (primary N) is 1. The monoisotopic (exact) mass is 317 g/mol. The molecule has 0 saturated heterocycles. The number of rotatable bonds is 5. The van der Waals surface area contributed by atoms with Gasteiger partial charge in [-0.25, -0.2) is 0 Å². The number of halogens is 2. The van der Waals surface area contributed by atoms with Crippen LogP contribution in [0.1, 0.15) is 19.4 Å². The van der Waals surface area contributed by atoms with Crippen LogP contribution in [0.3, 0.4) is 0 Å². The molecule has 94 valence electrons. The molecule has 0 bridgehead atoms. The highest BCUT2D eigenvalue weighted by molar-refractivity contribution is 9.10. The van der Waals surface area contributed by atoms with E-state index in [0.29, 0.717) is 6.61 Å². The third-order valence-corrected chi connectivity index (χ3v) is 3.36. The lowest BCUT2D eigenvalue weighted by molar-refractivity contribution is 0.352. The normalized spacial score (nSPS) is 13.6. The SMILES string of the molecule is C/C(=C\Cl)COc1ccc(Br)c(CC(C)N)c1. The minimum Gasteiger partial charge on any atom is -0.489 e. The summed E-state index contributed by atoms with van der Waals surface area (Å²) in [5, 5.41) is 0. The van der Waals surface area contributed by atoms with Crippen molar-refractivity contribution in [3.05, 3.63) is 39.3 Å². The predicted octanol–water partition coefficient (Wildman–Crippen LogP) is 3.86. The lowest BCUT2D eigenvalue weighted by Crippen LogP contribution is -2.18.